The Morgan fingerprint density at radius 1 is 1.33 bits per heavy atom. The van der Waals surface area contributed by atoms with Crippen LogP contribution in [0.1, 0.15) is 18.4 Å². The van der Waals surface area contributed by atoms with Crippen LogP contribution in [0.15, 0.2) is 42.7 Å². The molecule has 27 heavy (non-hydrogen) atoms. The fourth-order valence-electron chi connectivity index (χ4n) is 3.95. The largest absolute Gasteiger partial charge is 0.445 e. The number of rotatable bonds is 4. The molecular weight excluding hydrogens is 344 g/mol. The van der Waals surface area contributed by atoms with Crippen molar-refractivity contribution in [2.75, 3.05) is 25.0 Å². The number of hydrogen-bond acceptors (Lipinski definition) is 4. The van der Waals surface area contributed by atoms with Gasteiger partial charge in [-0.2, -0.15) is 5.10 Å². The van der Waals surface area contributed by atoms with Crippen LogP contribution in [0.25, 0.3) is 0 Å². The van der Waals surface area contributed by atoms with Gasteiger partial charge in [0.25, 0.3) is 0 Å². The summed E-state index contributed by atoms with van der Waals surface area (Å²) in [5.41, 5.74) is 1.68. The predicted octanol–water partition coefficient (Wildman–Crippen LogP) is 2.43. The number of anilines is 1. The first kappa shape index (κ1) is 17.6. The summed E-state index contributed by atoms with van der Waals surface area (Å²) in [6.45, 7) is 1.52. The molecule has 1 aromatic heterocycles. The van der Waals surface area contributed by atoms with Gasteiger partial charge in [-0.25, -0.2) is 4.79 Å². The third kappa shape index (κ3) is 3.41. The van der Waals surface area contributed by atoms with Crippen LogP contribution in [0, 0.1) is 11.3 Å². The van der Waals surface area contributed by atoms with E-state index in [2.05, 4.69) is 5.10 Å². The Bertz CT molecular complexity index is 850. The Labute approximate surface area is 158 Å². The molecule has 2 unspecified atom stereocenters. The van der Waals surface area contributed by atoms with E-state index in [-0.39, 0.29) is 29.9 Å². The van der Waals surface area contributed by atoms with E-state index < -0.39 is 0 Å². The number of benzene rings is 1. The highest BCUT2D eigenvalue weighted by Crippen LogP contribution is 2.59. The molecule has 1 aliphatic carbocycles. The van der Waals surface area contributed by atoms with Crippen molar-refractivity contribution in [1.29, 1.82) is 0 Å². The lowest BCUT2D eigenvalue weighted by molar-refractivity contribution is -0.120. The Hall–Kier alpha value is -2.83. The summed E-state index contributed by atoms with van der Waals surface area (Å²) in [5, 5.41) is 4.12. The highest BCUT2D eigenvalue weighted by atomic mass is 16.6. The lowest BCUT2D eigenvalue weighted by atomic mass is 10.0. The second kappa shape index (κ2) is 6.72. The molecule has 4 rings (SSSR count). The molecule has 2 aliphatic rings. The second-order valence-corrected chi connectivity index (χ2v) is 7.60. The number of carbonyl (C=O) groups excluding carboxylic acids is 2. The van der Waals surface area contributed by atoms with Gasteiger partial charge < -0.3 is 14.5 Å². The summed E-state index contributed by atoms with van der Waals surface area (Å²) in [5.74, 6) is 0.0668. The van der Waals surface area contributed by atoms with Gasteiger partial charge >= 0.3 is 6.09 Å². The Morgan fingerprint density at radius 2 is 2.11 bits per heavy atom. The Balaban J connectivity index is 1.32. The number of aromatic nitrogens is 2. The van der Waals surface area contributed by atoms with E-state index in [9.17, 15) is 9.59 Å². The molecule has 1 aliphatic heterocycles. The van der Waals surface area contributed by atoms with Crippen molar-refractivity contribution in [3.8, 4) is 0 Å². The van der Waals surface area contributed by atoms with Gasteiger partial charge in [0, 0.05) is 44.7 Å². The predicted molar refractivity (Wildman–Crippen MR) is 100.0 cm³/mol. The molecule has 7 nitrogen and oxygen atoms in total. The number of likely N-dealkylation sites (tertiary alicyclic amines) is 1. The fourth-order valence-corrected chi connectivity index (χ4v) is 3.95. The zero-order chi connectivity index (χ0) is 19.0. The third-order valence-electron chi connectivity index (χ3n) is 5.75. The van der Waals surface area contributed by atoms with Crippen molar-refractivity contribution in [3.05, 3.63) is 48.3 Å². The molecule has 2 heterocycles. The number of carbonyl (C=O) groups is 2. The maximum Gasteiger partial charge on any atom is 0.410 e. The van der Waals surface area contributed by atoms with Gasteiger partial charge in [-0.05, 0) is 18.4 Å². The van der Waals surface area contributed by atoms with Gasteiger partial charge in [-0.1, -0.05) is 30.3 Å². The normalized spacial score (nSPS) is 23.5. The van der Waals surface area contributed by atoms with Crippen molar-refractivity contribution in [1.82, 2.24) is 14.7 Å². The van der Waals surface area contributed by atoms with Crippen LogP contribution < -0.4 is 4.90 Å². The van der Waals surface area contributed by atoms with Gasteiger partial charge in [-0.15, -0.1) is 0 Å². The van der Waals surface area contributed by atoms with Crippen molar-refractivity contribution in [2.24, 2.45) is 18.4 Å². The Kier molecular flexibility index (Phi) is 4.37. The molecule has 0 N–H and O–H groups in total. The average molecular weight is 368 g/mol. The van der Waals surface area contributed by atoms with Crippen molar-refractivity contribution in [2.45, 2.75) is 19.4 Å². The quantitative estimate of drug-likeness (QED) is 0.831. The fraction of sp³-hybridized carbons (Fsp3) is 0.450. The van der Waals surface area contributed by atoms with Crippen LogP contribution >= 0.6 is 0 Å². The zero-order valence-corrected chi connectivity index (χ0v) is 15.7. The summed E-state index contributed by atoms with van der Waals surface area (Å²) in [7, 11) is 3.61. The number of nitrogens with zero attached hydrogens (tertiary/aromatic N) is 4. The van der Waals surface area contributed by atoms with Gasteiger partial charge in [-0.3, -0.25) is 9.48 Å². The number of amides is 2. The van der Waals surface area contributed by atoms with Gasteiger partial charge in [0.1, 0.15) is 6.61 Å². The van der Waals surface area contributed by atoms with Crippen molar-refractivity contribution in [3.63, 3.8) is 0 Å². The highest BCUT2D eigenvalue weighted by Gasteiger charge is 2.62. The molecule has 1 saturated carbocycles. The molecule has 0 radical (unpaired) electrons. The summed E-state index contributed by atoms with van der Waals surface area (Å²) in [6.07, 6.45) is 4.90. The smallest absolute Gasteiger partial charge is 0.410 e. The lowest BCUT2D eigenvalue weighted by Gasteiger charge is -2.18. The summed E-state index contributed by atoms with van der Waals surface area (Å²) in [4.78, 5) is 28.6. The van der Waals surface area contributed by atoms with Crippen LogP contribution in [0.3, 0.4) is 0 Å². The maximum atomic E-state index is 12.8. The topological polar surface area (TPSA) is 67.7 Å². The van der Waals surface area contributed by atoms with Crippen molar-refractivity contribution < 1.29 is 14.3 Å². The minimum absolute atomic E-state index is 0.0328. The average Bonchev–Trinajstić information content (AvgIpc) is 2.99. The van der Waals surface area contributed by atoms with E-state index in [4.69, 9.17) is 4.74 Å². The van der Waals surface area contributed by atoms with Crippen LogP contribution in [0.4, 0.5) is 10.5 Å². The van der Waals surface area contributed by atoms with Gasteiger partial charge in [0.2, 0.25) is 5.91 Å². The van der Waals surface area contributed by atoms with E-state index in [0.717, 1.165) is 24.1 Å². The van der Waals surface area contributed by atoms with E-state index in [1.54, 1.807) is 27.7 Å². The molecule has 0 bridgehead atoms. The standard InChI is InChI=1S/C20H24N4O3/c1-22-12-16(11-21-22)23(2)18(25)17-10-20(17)8-9-24(14-20)19(26)27-13-15-6-4-3-5-7-15/h3-7,11-12,17H,8-10,13-14H2,1-2H3. The van der Waals surface area contributed by atoms with E-state index in [1.807, 2.05) is 43.6 Å². The Morgan fingerprint density at radius 3 is 2.81 bits per heavy atom. The minimum atomic E-state index is -0.297. The molecule has 2 atom stereocenters. The van der Waals surface area contributed by atoms with E-state index in [1.165, 1.54) is 0 Å². The molecule has 142 valence electrons. The molecule has 2 aromatic rings. The maximum absolute atomic E-state index is 12.8. The number of aryl methyl sites for hydroxylation is 1. The van der Waals surface area contributed by atoms with Crippen LogP contribution in [-0.2, 0) is 23.2 Å². The van der Waals surface area contributed by atoms with Gasteiger partial charge in [0.05, 0.1) is 11.9 Å². The first-order chi connectivity index (χ1) is 13.0. The zero-order valence-electron chi connectivity index (χ0n) is 15.7. The first-order valence-corrected chi connectivity index (χ1v) is 9.20. The van der Waals surface area contributed by atoms with Crippen LogP contribution in [0.2, 0.25) is 0 Å². The molecular formula is C20H24N4O3. The second-order valence-electron chi connectivity index (χ2n) is 7.60. The van der Waals surface area contributed by atoms with Gasteiger partial charge in [0.15, 0.2) is 0 Å². The molecule has 1 aromatic carbocycles. The summed E-state index contributed by atoms with van der Waals surface area (Å²) < 4.78 is 7.11. The van der Waals surface area contributed by atoms with Crippen molar-refractivity contribution >= 4 is 17.7 Å². The van der Waals surface area contributed by atoms with E-state index in [0.29, 0.717) is 13.1 Å². The lowest BCUT2D eigenvalue weighted by Crippen LogP contribution is -2.32. The SMILES string of the molecule is CN(C(=O)C1CC12CCN(C(=O)OCc1ccccc1)C2)c1cnn(C)c1. The number of hydrogen-bond donors (Lipinski definition) is 0. The third-order valence-corrected chi connectivity index (χ3v) is 5.75. The molecule has 2 amide bonds. The summed E-state index contributed by atoms with van der Waals surface area (Å²) >= 11 is 0. The molecule has 1 saturated heterocycles. The number of ether oxygens (including phenoxy) is 1. The summed E-state index contributed by atoms with van der Waals surface area (Å²) in [6, 6.07) is 9.65. The van der Waals surface area contributed by atoms with E-state index >= 15 is 0 Å². The minimum Gasteiger partial charge on any atom is -0.445 e. The molecule has 1 spiro atoms. The van der Waals surface area contributed by atoms with Crippen LogP contribution in [0.5, 0.6) is 0 Å². The highest BCUT2D eigenvalue weighted by molar-refractivity contribution is 5.96. The monoisotopic (exact) mass is 368 g/mol. The molecule has 2 fully saturated rings. The molecule has 7 heteroatoms. The first-order valence-electron chi connectivity index (χ1n) is 9.20. The van der Waals surface area contributed by atoms with Crippen LogP contribution in [-0.4, -0.2) is 46.8 Å².